The van der Waals surface area contributed by atoms with Crippen LogP contribution in [0.25, 0.3) is 0 Å². The molecule has 1 atom stereocenters. The zero-order chi connectivity index (χ0) is 11.4. The molecule has 0 heterocycles. The number of rotatable bonds is 3. The minimum atomic E-state index is -0.0905. The normalized spacial score (nSPS) is 12.2. The first kappa shape index (κ1) is 11.5. The summed E-state index contributed by atoms with van der Waals surface area (Å²) in [5.74, 6) is 0.0636. The third-order valence-corrected chi connectivity index (χ3v) is 2.02. The first-order valence-electron chi connectivity index (χ1n) is 4.81. The van der Waals surface area contributed by atoms with Gasteiger partial charge in [0.2, 0.25) is 0 Å². The molecule has 0 aliphatic carbocycles. The fourth-order valence-electron chi connectivity index (χ4n) is 1.34. The maximum Gasteiger partial charge on any atom is 0.253 e. The van der Waals surface area contributed by atoms with Crippen LogP contribution in [-0.4, -0.2) is 35.5 Å². The molecule has 1 aromatic carbocycles. The summed E-state index contributed by atoms with van der Waals surface area (Å²) >= 11 is 0. The number of amides is 1. The maximum atomic E-state index is 11.8. The zero-order valence-corrected chi connectivity index (χ0v) is 8.97. The van der Waals surface area contributed by atoms with Crippen molar-refractivity contribution in [1.82, 2.24) is 4.90 Å². The molecule has 3 N–H and O–H groups in total. The van der Waals surface area contributed by atoms with Crippen molar-refractivity contribution in [3.05, 3.63) is 29.8 Å². The fraction of sp³-hybridized carbons (Fsp3) is 0.364. The lowest BCUT2D eigenvalue weighted by Gasteiger charge is -2.19. The van der Waals surface area contributed by atoms with Crippen molar-refractivity contribution in [1.29, 1.82) is 0 Å². The fourth-order valence-corrected chi connectivity index (χ4v) is 1.34. The molecule has 0 saturated carbocycles. The number of likely N-dealkylation sites (N-methyl/N-ethyl adjacent to an activating group) is 1. The van der Waals surface area contributed by atoms with E-state index in [1.165, 1.54) is 12.1 Å². The number of hydrogen-bond acceptors (Lipinski definition) is 3. The Hall–Kier alpha value is -1.55. The number of carbonyl (C=O) groups is 1. The Labute approximate surface area is 89.3 Å². The molecule has 0 aliphatic heterocycles. The van der Waals surface area contributed by atoms with Gasteiger partial charge in [-0.3, -0.25) is 4.79 Å². The van der Waals surface area contributed by atoms with Crippen molar-refractivity contribution < 1.29 is 9.90 Å². The van der Waals surface area contributed by atoms with Crippen LogP contribution in [0.5, 0.6) is 5.75 Å². The topological polar surface area (TPSA) is 66.6 Å². The van der Waals surface area contributed by atoms with E-state index in [0.29, 0.717) is 12.1 Å². The van der Waals surface area contributed by atoms with E-state index in [9.17, 15) is 4.79 Å². The van der Waals surface area contributed by atoms with E-state index < -0.39 is 0 Å². The molecule has 4 heteroatoms. The predicted octanol–water partition coefficient (Wildman–Crippen LogP) is 0.811. The molecule has 0 radical (unpaired) electrons. The van der Waals surface area contributed by atoms with Crippen LogP contribution in [0.15, 0.2) is 24.3 Å². The van der Waals surface area contributed by atoms with E-state index in [0.717, 1.165) is 0 Å². The lowest BCUT2D eigenvalue weighted by Crippen LogP contribution is -2.36. The van der Waals surface area contributed by atoms with Gasteiger partial charge >= 0.3 is 0 Å². The number of carbonyl (C=O) groups excluding carboxylic acids is 1. The average molecular weight is 208 g/mol. The van der Waals surface area contributed by atoms with Crippen LogP contribution in [0, 0.1) is 0 Å². The van der Waals surface area contributed by atoms with Gasteiger partial charge in [-0.05, 0) is 31.2 Å². The second-order valence-corrected chi connectivity index (χ2v) is 3.71. The minimum Gasteiger partial charge on any atom is -0.508 e. The molecule has 1 unspecified atom stereocenters. The van der Waals surface area contributed by atoms with Crippen molar-refractivity contribution in [2.24, 2.45) is 5.73 Å². The molecule has 0 spiro atoms. The summed E-state index contributed by atoms with van der Waals surface area (Å²) in [7, 11) is 1.71. The van der Waals surface area contributed by atoms with Gasteiger partial charge in [-0.15, -0.1) is 0 Å². The molecule has 15 heavy (non-hydrogen) atoms. The molecule has 1 rings (SSSR count). The van der Waals surface area contributed by atoms with E-state index in [2.05, 4.69) is 0 Å². The summed E-state index contributed by atoms with van der Waals surface area (Å²) in [6.45, 7) is 2.36. The Kier molecular flexibility index (Phi) is 3.68. The molecule has 0 bridgehead atoms. The van der Waals surface area contributed by atoms with E-state index in [1.807, 2.05) is 6.92 Å². The molecule has 82 valence electrons. The Morgan fingerprint density at radius 1 is 1.47 bits per heavy atom. The van der Waals surface area contributed by atoms with E-state index in [-0.39, 0.29) is 17.7 Å². The molecule has 0 aliphatic rings. The number of aromatic hydroxyl groups is 1. The van der Waals surface area contributed by atoms with Gasteiger partial charge in [0.25, 0.3) is 5.91 Å². The van der Waals surface area contributed by atoms with Crippen LogP contribution in [0.3, 0.4) is 0 Å². The van der Waals surface area contributed by atoms with Gasteiger partial charge in [0.1, 0.15) is 5.75 Å². The second kappa shape index (κ2) is 4.79. The lowest BCUT2D eigenvalue weighted by atomic mass is 10.2. The first-order chi connectivity index (χ1) is 7.00. The molecular formula is C11H16N2O2. The van der Waals surface area contributed by atoms with Crippen LogP contribution >= 0.6 is 0 Å². The average Bonchev–Trinajstić information content (AvgIpc) is 2.17. The minimum absolute atomic E-state index is 0.0453. The largest absolute Gasteiger partial charge is 0.508 e. The number of nitrogens with two attached hydrogens (primary N) is 1. The Balaban J connectivity index is 2.72. The van der Waals surface area contributed by atoms with Crippen LogP contribution in [0.1, 0.15) is 17.3 Å². The van der Waals surface area contributed by atoms with E-state index in [1.54, 1.807) is 24.1 Å². The maximum absolute atomic E-state index is 11.8. The quantitative estimate of drug-likeness (QED) is 0.772. The van der Waals surface area contributed by atoms with E-state index in [4.69, 9.17) is 10.8 Å². The Morgan fingerprint density at radius 2 is 2.00 bits per heavy atom. The highest BCUT2D eigenvalue weighted by Gasteiger charge is 2.12. The standard InChI is InChI=1S/C11H16N2O2/c1-8(12)7-13(2)11(15)9-3-5-10(14)6-4-9/h3-6,8,14H,7,12H2,1-2H3. The van der Waals surface area contributed by atoms with Gasteiger partial charge in [-0.1, -0.05) is 0 Å². The van der Waals surface area contributed by atoms with Gasteiger partial charge in [-0.25, -0.2) is 0 Å². The molecule has 0 saturated heterocycles. The third-order valence-electron chi connectivity index (χ3n) is 2.02. The molecule has 0 fully saturated rings. The highest BCUT2D eigenvalue weighted by atomic mass is 16.3. The summed E-state index contributed by atoms with van der Waals surface area (Å²) in [6, 6.07) is 6.13. The summed E-state index contributed by atoms with van der Waals surface area (Å²) in [4.78, 5) is 13.3. The first-order valence-corrected chi connectivity index (χ1v) is 4.81. The number of benzene rings is 1. The van der Waals surface area contributed by atoms with Crippen molar-refractivity contribution in [2.75, 3.05) is 13.6 Å². The monoisotopic (exact) mass is 208 g/mol. The Morgan fingerprint density at radius 3 is 2.47 bits per heavy atom. The van der Waals surface area contributed by atoms with Crippen molar-refractivity contribution in [3.63, 3.8) is 0 Å². The molecule has 1 amide bonds. The molecule has 4 nitrogen and oxygen atoms in total. The molecule has 1 aromatic rings. The van der Waals surface area contributed by atoms with Crippen LogP contribution in [-0.2, 0) is 0 Å². The molecule has 0 aromatic heterocycles. The second-order valence-electron chi connectivity index (χ2n) is 3.71. The van der Waals surface area contributed by atoms with Gasteiger partial charge < -0.3 is 15.7 Å². The third kappa shape index (κ3) is 3.25. The van der Waals surface area contributed by atoms with Crippen LogP contribution in [0.2, 0.25) is 0 Å². The lowest BCUT2D eigenvalue weighted by molar-refractivity contribution is 0.0789. The van der Waals surface area contributed by atoms with Crippen molar-refractivity contribution >= 4 is 5.91 Å². The predicted molar refractivity (Wildman–Crippen MR) is 58.7 cm³/mol. The van der Waals surface area contributed by atoms with Crippen molar-refractivity contribution in [3.8, 4) is 5.75 Å². The van der Waals surface area contributed by atoms with Crippen LogP contribution in [0.4, 0.5) is 0 Å². The van der Waals surface area contributed by atoms with Gasteiger partial charge in [0.05, 0.1) is 0 Å². The highest BCUT2D eigenvalue weighted by molar-refractivity contribution is 5.94. The SMILES string of the molecule is CC(N)CN(C)C(=O)c1ccc(O)cc1. The van der Waals surface area contributed by atoms with Crippen LogP contribution < -0.4 is 5.73 Å². The Bertz CT molecular complexity index is 333. The number of nitrogens with zero attached hydrogens (tertiary/aromatic N) is 1. The van der Waals surface area contributed by atoms with Gasteiger partial charge in [0, 0.05) is 25.2 Å². The van der Waals surface area contributed by atoms with Gasteiger partial charge in [-0.2, -0.15) is 0 Å². The smallest absolute Gasteiger partial charge is 0.253 e. The summed E-state index contributed by atoms with van der Waals surface area (Å²) in [5, 5.41) is 9.08. The number of phenolic OH excluding ortho intramolecular Hbond substituents is 1. The zero-order valence-electron chi connectivity index (χ0n) is 8.97. The number of phenols is 1. The number of hydrogen-bond donors (Lipinski definition) is 2. The van der Waals surface area contributed by atoms with Gasteiger partial charge in [0.15, 0.2) is 0 Å². The summed E-state index contributed by atoms with van der Waals surface area (Å²) in [6.07, 6.45) is 0. The van der Waals surface area contributed by atoms with Crippen molar-refractivity contribution in [2.45, 2.75) is 13.0 Å². The molecular weight excluding hydrogens is 192 g/mol. The summed E-state index contributed by atoms with van der Waals surface area (Å²) < 4.78 is 0. The highest BCUT2D eigenvalue weighted by Crippen LogP contribution is 2.11. The summed E-state index contributed by atoms with van der Waals surface area (Å²) in [5.41, 5.74) is 6.15. The van der Waals surface area contributed by atoms with E-state index >= 15 is 0 Å².